The standard InChI is InChI=1S/C12H21NO8/c1-6-10(13(3-8(15)16)4-9(17)18)11(19)12(20-2)7(5-14)21-6/h6-7,10-12,14,19H,3-5H2,1-2H3,(H,15,16)(H,17,18). The number of hydrogen-bond acceptors (Lipinski definition) is 7. The van der Waals surface area contributed by atoms with E-state index in [2.05, 4.69) is 0 Å². The zero-order valence-electron chi connectivity index (χ0n) is 11.9. The van der Waals surface area contributed by atoms with Gasteiger partial charge in [-0.1, -0.05) is 0 Å². The molecule has 1 saturated heterocycles. The lowest BCUT2D eigenvalue weighted by Crippen LogP contribution is -2.65. The zero-order valence-corrected chi connectivity index (χ0v) is 11.9. The second-order valence-electron chi connectivity index (χ2n) is 4.94. The molecule has 1 rings (SSSR count). The quantitative estimate of drug-likeness (QED) is 0.420. The van der Waals surface area contributed by atoms with Crippen LogP contribution in [0.1, 0.15) is 6.92 Å². The van der Waals surface area contributed by atoms with Crippen molar-refractivity contribution in [2.45, 2.75) is 37.4 Å². The van der Waals surface area contributed by atoms with E-state index in [0.717, 1.165) is 4.90 Å². The number of carbonyl (C=O) groups is 2. The first-order valence-electron chi connectivity index (χ1n) is 6.46. The summed E-state index contributed by atoms with van der Waals surface area (Å²) < 4.78 is 10.6. The van der Waals surface area contributed by atoms with Crippen LogP contribution in [-0.4, -0.2) is 94.5 Å². The lowest BCUT2D eigenvalue weighted by Gasteiger charge is -2.46. The Kier molecular flexibility index (Phi) is 6.49. The maximum atomic E-state index is 10.9. The van der Waals surface area contributed by atoms with Gasteiger partial charge in [0.05, 0.1) is 31.8 Å². The van der Waals surface area contributed by atoms with E-state index >= 15 is 0 Å². The Bertz CT molecular complexity index is 360. The molecule has 0 saturated carbocycles. The van der Waals surface area contributed by atoms with E-state index < -0.39 is 55.5 Å². The van der Waals surface area contributed by atoms with Gasteiger partial charge >= 0.3 is 11.9 Å². The van der Waals surface area contributed by atoms with Gasteiger partial charge in [0.15, 0.2) is 0 Å². The van der Waals surface area contributed by atoms with E-state index in [9.17, 15) is 19.8 Å². The molecule has 4 N–H and O–H groups in total. The third-order valence-corrected chi connectivity index (χ3v) is 3.47. The van der Waals surface area contributed by atoms with E-state index in [1.165, 1.54) is 7.11 Å². The molecule has 1 aliphatic rings. The van der Waals surface area contributed by atoms with Crippen LogP contribution in [0, 0.1) is 0 Å². The number of hydrogen-bond donors (Lipinski definition) is 4. The molecule has 21 heavy (non-hydrogen) atoms. The molecule has 5 atom stereocenters. The van der Waals surface area contributed by atoms with E-state index in [-0.39, 0.29) is 6.61 Å². The Balaban J connectivity index is 2.98. The van der Waals surface area contributed by atoms with E-state index in [4.69, 9.17) is 19.7 Å². The minimum Gasteiger partial charge on any atom is -0.480 e. The number of carboxylic acid groups (broad SMARTS) is 2. The van der Waals surface area contributed by atoms with Gasteiger partial charge in [-0.05, 0) is 6.92 Å². The first-order valence-corrected chi connectivity index (χ1v) is 6.46. The van der Waals surface area contributed by atoms with Crippen molar-refractivity contribution in [3.63, 3.8) is 0 Å². The molecule has 0 spiro atoms. The number of nitrogens with zero attached hydrogens (tertiary/aromatic N) is 1. The number of aliphatic carboxylic acids is 2. The van der Waals surface area contributed by atoms with Crippen molar-refractivity contribution in [1.29, 1.82) is 0 Å². The lowest BCUT2D eigenvalue weighted by molar-refractivity contribution is -0.218. The van der Waals surface area contributed by atoms with E-state index in [1.807, 2.05) is 0 Å². The normalized spacial score (nSPS) is 33.1. The van der Waals surface area contributed by atoms with E-state index in [1.54, 1.807) is 6.92 Å². The average Bonchev–Trinajstić information content (AvgIpc) is 2.36. The Morgan fingerprint density at radius 2 is 1.76 bits per heavy atom. The van der Waals surface area contributed by atoms with Gasteiger partial charge in [0, 0.05) is 7.11 Å². The fraction of sp³-hybridized carbons (Fsp3) is 0.833. The molecule has 0 bridgehead atoms. The highest BCUT2D eigenvalue weighted by Gasteiger charge is 2.46. The van der Waals surface area contributed by atoms with Gasteiger partial charge in [0.2, 0.25) is 0 Å². The van der Waals surface area contributed by atoms with Gasteiger partial charge < -0.3 is 29.9 Å². The molecular weight excluding hydrogens is 286 g/mol. The first-order chi connectivity index (χ1) is 9.81. The molecule has 1 heterocycles. The Labute approximate surface area is 121 Å². The summed E-state index contributed by atoms with van der Waals surface area (Å²) in [4.78, 5) is 22.9. The molecule has 0 aliphatic carbocycles. The van der Waals surface area contributed by atoms with Crippen LogP contribution in [0.15, 0.2) is 0 Å². The molecule has 9 nitrogen and oxygen atoms in total. The Morgan fingerprint density at radius 3 is 2.14 bits per heavy atom. The van der Waals surface area contributed by atoms with Crippen LogP contribution < -0.4 is 0 Å². The summed E-state index contributed by atoms with van der Waals surface area (Å²) in [5, 5.41) is 37.4. The molecule has 9 heteroatoms. The predicted molar refractivity (Wildman–Crippen MR) is 68.9 cm³/mol. The predicted octanol–water partition coefficient (Wildman–Crippen LogP) is -2.02. The Hall–Kier alpha value is -1.26. The van der Waals surface area contributed by atoms with Gasteiger partial charge in [-0.3, -0.25) is 14.5 Å². The third kappa shape index (κ3) is 4.35. The van der Waals surface area contributed by atoms with Crippen LogP contribution in [0.4, 0.5) is 0 Å². The molecule has 1 fully saturated rings. The molecule has 1 aliphatic heterocycles. The monoisotopic (exact) mass is 307 g/mol. The van der Waals surface area contributed by atoms with Gasteiger partial charge in [-0.15, -0.1) is 0 Å². The molecule has 0 aromatic rings. The minimum atomic E-state index is -1.21. The second kappa shape index (κ2) is 7.66. The number of aliphatic hydroxyl groups excluding tert-OH is 2. The first kappa shape index (κ1) is 17.8. The van der Waals surface area contributed by atoms with Crippen molar-refractivity contribution in [2.24, 2.45) is 0 Å². The summed E-state index contributed by atoms with van der Waals surface area (Å²) in [5.74, 6) is -2.43. The van der Waals surface area contributed by atoms with Crippen molar-refractivity contribution in [1.82, 2.24) is 4.90 Å². The zero-order chi connectivity index (χ0) is 16.2. The number of methoxy groups -OCH3 is 1. The van der Waals surface area contributed by atoms with Crippen LogP contribution >= 0.6 is 0 Å². The SMILES string of the molecule is COC1C(CO)OC(C)C(N(CC(=O)O)CC(=O)O)C1O. The van der Waals surface area contributed by atoms with Gasteiger partial charge in [-0.25, -0.2) is 0 Å². The summed E-state index contributed by atoms with van der Waals surface area (Å²) >= 11 is 0. The fourth-order valence-electron chi connectivity index (χ4n) is 2.69. The summed E-state index contributed by atoms with van der Waals surface area (Å²) in [6.07, 6.45) is -3.48. The lowest BCUT2D eigenvalue weighted by atomic mass is 9.92. The number of rotatable bonds is 7. The number of aliphatic hydroxyl groups is 2. The molecule has 0 amide bonds. The van der Waals surface area contributed by atoms with Gasteiger partial charge in [0.25, 0.3) is 0 Å². The highest BCUT2D eigenvalue weighted by molar-refractivity contribution is 5.72. The highest BCUT2D eigenvalue weighted by Crippen LogP contribution is 2.26. The number of ether oxygens (including phenoxy) is 2. The average molecular weight is 307 g/mol. The van der Waals surface area contributed by atoms with Crippen LogP contribution in [0.5, 0.6) is 0 Å². The third-order valence-electron chi connectivity index (χ3n) is 3.47. The van der Waals surface area contributed by atoms with E-state index in [0.29, 0.717) is 0 Å². The molecule has 122 valence electrons. The van der Waals surface area contributed by atoms with Crippen molar-refractivity contribution in [3.8, 4) is 0 Å². The molecular formula is C12H21NO8. The van der Waals surface area contributed by atoms with Crippen molar-refractivity contribution >= 4 is 11.9 Å². The van der Waals surface area contributed by atoms with Crippen LogP contribution in [0.3, 0.4) is 0 Å². The van der Waals surface area contributed by atoms with Crippen LogP contribution in [0.2, 0.25) is 0 Å². The van der Waals surface area contributed by atoms with Crippen LogP contribution in [-0.2, 0) is 19.1 Å². The second-order valence-corrected chi connectivity index (χ2v) is 4.94. The molecule has 0 radical (unpaired) electrons. The van der Waals surface area contributed by atoms with Gasteiger partial charge in [0.1, 0.15) is 18.3 Å². The van der Waals surface area contributed by atoms with Crippen molar-refractivity contribution in [3.05, 3.63) is 0 Å². The van der Waals surface area contributed by atoms with Gasteiger partial charge in [-0.2, -0.15) is 0 Å². The van der Waals surface area contributed by atoms with Crippen molar-refractivity contribution < 1.29 is 39.5 Å². The summed E-state index contributed by atoms with van der Waals surface area (Å²) in [6, 6.07) is -0.870. The topological polar surface area (TPSA) is 137 Å². The minimum absolute atomic E-state index is 0.371. The molecule has 0 aromatic carbocycles. The van der Waals surface area contributed by atoms with Crippen molar-refractivity contribution in [2.75, 3.05) is 26.8 Å². The molecule has 0 aromatic heterocycles. The molecule has 5 unspecified atom stereocenters. The smallest absolute Gasteiger partial charge is 0.317 e. The fourth-order valence-corrected chi connectivity index (χ4v) is 2.69. The number of carboxylic acids is 2. The largest absolute Gasteiger partial charge is 0.480 e. The highest BCUT2D eigenvalue weighted by atomic mass is 16.6. The maximum absolute atomic E-state index is 10.9. The summed E-state index contributed by atoms with van der Waals surface area (Å²) in [6.45, 7) is 0.105. The van der Waals surface area contributed by atoms with Crippen LogP contribution in [0.25, 0.3) is 0 Å². The summed E-state index contributed by atoms with van der Waals surface area (Å²) in [5.41, 5.74) is 0. The summed E-state index contributed by atoms with van der Waals surface area (Å²) in [7, 11) is 1.33. The Morgan fingerprint density at radius 1 is 1.24 bits per heavy atom. The maximum Gasteiger partial charge on any atom is 0.317 e.